The maximum Gasteiger partial charge on any atom is 0.244 e. The van der Waals surface area contributed by atoms with Crippen LogP contribution in [-0.2, 0) is 23.2 Å². The van der Waals surface area contributed by atoms with E-state index in [0.29, 0.717) is 5.56 Å². The van der Waals surface area contributed by atoms with E-state index in [0.717, 1.165) is 5.56 Å². The van der Waals surface area contributed by atoms with Crippen molar-refractivity contribution in [1.82, 2.24) is 9.71 Å². The number of sulfonamides is 1. The largest absolute Gasteiger partial charge is 0.495 e. The summed E-state index contributed by atoms with van der Waals surface area (Å²) in [7, 11) is -2.33. The fourth-order valence-electron chi connectivity index (χ4n) is 1.79. The number of aliphatic hydroxyl groups excluding tert-OH is 1. The molecule has 0 saturated carbocycles. The lowest BCUT2D eigenvalue weighted by molar-refractivity contribution is 0.280. The van der Waals surface area contributed by atoms with Gasteiger partial charge in [0.05, 0.1) is 13.7 Å². The van der Waals surface area contributed by atoms with Crippen molar-refractivity contribution < 1.29 is 18.3 Å². The van der Waals surface area contributed by atoms with E-state index < -0.39 is 10.0 Å². The van der Waals surface area contributed by atoms with Gasteiger partial charge in [0, 0.05) is 18.9 Å². The Morgan fingerprint density at radius 3 is 2.71 bits per heavy atom. The summed E-state index contributed by atoms with van der Waals surface area (Å²) in [5.41, 5.74) is 1.34. The van der Waals surface area contributed by atoms with E-state index in [9.17, 15) is 8.42 Å². The number of methoxy groups -OCH3 is 1. The highest BCUT2D eigenvalue weighted by molar-refractivity contribution is 7.89. The number of benzene rings is 1. The van der Waals surface area contributed by atoms with Crippen LogP contribution in [0.2, 0.25) is 0 Å². The van der Waals surface area contributed by atoms with Crippen LogP contribution in [-0.4, -0.2) is 25.6 Å². The van der Waals surface area contributed by atoms with Crippen molar-refractivity contribution in [2.45, 2.75) is 18.0 Å². The van der Waals surface area contributed by atoms with Crippen molar-refractivity contribution >= 4 is 10.0 Å². The van der Waals surface area contributed by atoms with Crippen molar-refractivity contribution in [3.63, 3.8) is 0 Å². The van der Waals surface area contributed by atoms with E-state index >= 15 is 0 Å². The number of ether oxygens (including phenoxy) is 1. The zero-order chi connectivity index (χ0) is 15.3. The van der Waals surface area contributed by atoms with Crippen molar-refractivity contribution in [1.29, 1.82) is 0 Å². The Morgan fingerprint density at radius 1 is 1.29 bits per heavy atom. The normalized spacial score (nSPS) is 11.3. The molecular formula is C14H16N2O4S. The van der Waals surface area contributed by atoms with Crippen LogP contribution >= 0.6 is 0 Å². The SMILES string of the molecule is COc1cc(CO)ccc1S(=O)(=O)NCc1cccnc1. The van der Waals surface area contributed by atoms with Gasteiger partial charge in [0.25, 0.3) is 0 Å². The van der Waals surface area contributed by atoms with Crippen molar-refractivity contribution in [2.24, 2.45) is 0 Å². The lowest BCUT2D eigenvalue weighted by Crippen LogP contribution is -2.23. The maximum atomic E-state index is 12.3. The Hall–Kier alpha value is -1.96. The number of aliphatic hydroxyl groups is 1. The van der Waals surface area contributed by atoms with Crippen LogP contribution in [0.1, 0.15) is 11.1 Å². The monoisotopic (exact) mass is 308 g/mol. The Labute approximate surface area is 123 Å². The van der Waals surface area contributed by atoms with Gasteiger partial charge < -0.3 is 9.84 Å². The van der Waals surface area contributed by atoms with Gasteiger partial charge in [-0.1, -0.05) is 12.1 Å². The van der Waals surface area contributed by atoms with Crippen LogP contribution in [0.4, 0.5) is 0 Å². The summed E-state index contributed by atoms with van der Waals surface area (Å²) < 4.78 is 32.2. The third kappa shape index (κ3) is 3.78. The maximum absolute atomic E-state index is 12.3. The predicted molar refractivity (Wildman–Crippen MR) is 77.2 cm³/mol. The van der Waals surface area contributed by atoms with Gasteiger partial charge >= 0.3 is 0 Å². The first-order chi connectivity index (χ1) is 10.1. The molecule has 2 N–H and O–H groups in total. The van der Waals surface area contributed by atoms with E-state index in [-0.39, 0.29) is 23.8 Å². The standard InChI is InChI=1S/C14H16N2O4S/c1-20-13-7-11(10-17)4-5-14(13)21(18,19)16-9-12-3-2-6-15-8-12/h2-8,16-17H,9-10H2,1H3. The first-order valence-corrected chi connectivity index (χ1v) is 7.71. The van der Waals surface area contributed by atoms with Gasteiger partial charge in [0.2, 0.25) is 10.0 Å². The fourth-order valence-corrected chi connectivity index (χ4v) is 2.96. The molecule has 112 valence electrons. The third-order valence-corrected chi connectivity index (χ3v) is 4.33. The van der Waals surface area contributed by atoms with Crippen LogP contribution in [0.5, 0.6) is 5.75 Å². The molecule has 1 aromatic carbocycles. The number of hydrogen-bond acceptors (Lipinski definition) is 5. The van der Waals surface area contributed by atoms with Crippen molar-refractivity contribution in [3.8, 4) is 5.75 Å². The lowest BCUT2D eigenvalue weighted by atomic mass is 10.2. The molecule has 1 heterocycles. The molecule has 6 nitrogen and oxygen atoms in total. The quantitative estimate of drug-likeness (QED) is 0.833. The molecule has 0 aliphatic rings. The second kappa shape index (κ2) is 6.66. The van der Waals surface area contributed by atoms with Crippen LogP contribution < -0.4 is 9.46 Å². The highest BCUT2D eigenvalue weighted by Crippen LogP contribution is 2.25. The Bertz CT molecular complexity index is 702. The number of rotatable bonds is 6. The molecule has 2 rings (SSSR count). The minimum absolute atomic E-state index is 0.0334. The summed E-state index contributed by atoms with van der Waals surface area (Å²) in [5.74, 6) is 0.195. The van der Waals surface area contributed by atoms with Gasteiger partial charge in [0.15, 0.2) is 0 Å². The van der Waals surface area contributed by atoms with Crippen LogP contribution in [0.3, 0.4) is 0 Å². The summed E-state index contributed by atoms with van der Waals surface area (Å²) in [5, 5.41) is 9.08. The second-order valence-electron chi connectivity index (χ2n) is 4.33. The molecule has 0 unspecified atom stereocenters. The second-order valence-corrected chi connectivity index (χ2v) is 6.06. The van der Waals surface area contributed by atoms with Crippen LogP contribution in [0.15, 0.2) is 47.6 Å². The molecule has 0 aliphatic carbocycles. The van der Waals surface area contributed by atoms with E-state index in [1.54, 1.807) is 30.6 Å². The molecule has 0 atom stereocenters. The molecule has 0 saturated heterocycles. The minimum Gasteiger partial charge on any atom is -0.495 e. The lowest BCUT2D eigenvalue weighted by Gasteiger charge is -2.11. The Kier molecular flexibility index (Phi) is 4.89. The number of nitrogens with one attached hydrogen (secondary N) is 1. The molecule has 0 aliphatic heterocycles. The van der Waals surface area contributed by atoms with E-state index in [1.165, 1.54) is 19.2 Å². The zero-order valence-electron chi connectivity index (χ0n) is 11.5. The number of nitrogens with zero attached hydrogens (tertiary/aromatic N) is 1. The summed E-state index contributed by atoms with van der Waals surface area (Å²) in [6.45, 7) is -0.0408. The first kappa shape index (κ1) is 15.4. The van der Waals surface area contributed by atoms with Crippen LogP contribution in [0.25, 0.3) is 0 Å². The summed E-state index contributed by atoms with van der Waals surface area (Å²) >= 11 is 0. The zero-order valence-corrected chi connectivity index (χ0v) is 12.3. The van der Waals surface area contributed by atoms with Gasteiger partial charge in [-0.05, 0) is 29.3 Å². The average Bonchev–Trinajstić information content (AvgIpc) is 2.53. The van der Waals surface area contributed by atoms with Gasteiger partial charge in [-0.25, -0.2) is 13.1 Å². The van der Waals surface area contributed by atoms with Gasteiger partial charge in [-0.15, -0.1) is 0 Å². The van der Waals surface area contributed by atoms with E-state index in [1.807, 2.05) is 0 Å². The Balaban J connectivity index is 2.23. The molecule has 0 amide bonds. The summed E-state index contributed by atoms with van der Waals surface area (Å²) in [6.07, 6.45) is 3.21. The average molecular weight is 308 g/mol. The Morgan fingerprint density at radius 2 is 2.10 bits per heavy atom. The first-order valence-electron chi connectivity index (χ1n) is 6.23. The number of aromatic nitrogens is 1. The predicted octanol–water partition coefficient (Wildman–Crippen LogP) is 1.06. The minimum atomic E-state index is -3.71. The smallest absolute Gasteiger partial charge is 0.244 e. The van der Waals surface area contributed by atoms with E-state index in [4.69, 9.17) is 9.84 Å². The van der Waals surface area contributed by atoms with Crippen LogP contribution in [0, 0.1) is 0 Å². The number of hydrogen-bond donors (Lipinski definition) is 2. The highest BCUT2D eigenvalue weighted by atomic mass is 32.2. The third-order valence-electron chi connectivity index (χ3n) is 2.89. The molecule has 0 radical (unpaired) electrons. The highest BCUT2D eigenvalue weighted by Gasteiger charge is 2.19. The molecule has 21 heavy (non-hydrogen) atoms. The molecule has 0 spiro atoms. The molecule has 0 bridgehead atoms. The topological polar surface area (TPSA) is 88.5 Å². The van der Waals surface area contributed by atoms with Crippen molar-refractivity contribution in [3.05, 3.63) is 53.9 Å². The molecule has 0 fully saturated rings. The fraction of sp³-hybridized carbons (Fsp3) is 0.214. The molecule has 1 aromatic heterocycles. The number of pyridine rings is 1. The van der Waals surface area contributed by atoms with Gasteiger partial charge in [-0.3, -0.25) is 4.98 Å². The van der Waals surface area contributed by atoms with Gasteiger partial charge in [0.1, 0.15) is 10.6 Å². The van der Waals surface area contributed by atoms with Crippen molar-refractivity contribution in [2.75, 3.05) is 7.11 Å². The molecule has 7 heteroatoms. The molecular weight excluding hydrogens is 292 g/mol. The summed E-state index contributed by atoms with van der Waals surface area (Å²) in [6, 6.07) is 7.97. The summed E-state index contributed by atoms with van der Waals surface area (Å²) in [4.78, 5) is 3.96. The molecule has 2 aromatic rings. The van der Waals surface area contributed by atoms with E-state index in [2.05, 4.69) is 9.71 Å². The van der Waals surface area contributed by atoms with Gasteiger partial charge in [-0.2, -0.15) is 0 Å².